The van der Waals surface area contributed by atoms with Crippen molar-refractivity contribution in [3.63, 3.8) is 0 Å². The number of nitrogens with zero attached hydrogens (tertiary/aromatic N) is 1. The molecule has 1 aromatic carbocycles. The van der Waals surface area contributed by atoms with Crippen LogP contribution in [-0.2, 0) is 10.0 Å². The molecule has 1 rings (SSSR count). The highest BCUT2D eigenvalue weighted by atomic mass is 32.2. The molecule has 0 atom stereocenters. The Balaban J connectivity index is 3.16. The Labute approximate surface area is 112 Å². The molecular weight excluding hydrogens is 304 g/mol. The van der Waals surface area contributed by atoms with Crippen molar-refractivity contribution in [3.05, 3.63) is 29.6 Å². The lowest BCUT2D eigenvalue weighted by Gasteiger charge is -2.19. The number of sulfonamides is 1. The van der Waals surface area contributed by atoms with Crippen molar-refractivity contribution < 1.29 is 30.8 Å². The van der Waals surface area contributed by atoms with E-state index in [1.54, 1.807) is 0 Å². The molecule has 1 amide bonds. The molecule has 0 aromatic heterocycles. The van der Waals surface area contributed by atoms with Crippen molar-refractivity contribution in [1.82, 2.24) is 4.90 Å². The van der Waals surface area contributed by atoms with Gasteiger partial charge in [0.15, 0.2) is 0 Å². The topological polar surface area (TPSA) is 80.5 Å². The van der Waals surface area contributed by atoms with Gasteiger partial charge in [0, 0.05) is 7.05 Å². The number of alkyl halides is 3. The van der Waals surface area contributed by atoms with Crippen molar-refractivity contribution in [3.8, 4) is 0 Å². The molecule has 0 radical (unpaired) electrons. The zero-order chi connectivity index (χ0) is 15.7. The number of nitrogens with two attached hydrogens (primary N) is 1. The summed E-state index contributed by atoms with van der Waals surface area (Å²) >= 11 is 0. The van der Waals surface area contributed by atoms with E-state index in [0.717, 1.165) is 13.1 Å². The zero-order valence-electron chi connectivity index (χ0n) is 10.1. The van der Waals surface area contributed by atoms with E-state index in [1.807, 2.05) is 0 Å². The second-order valence-electron chi connectivity index (χ2n) is 3.96. The average Bonchev–Trinajstić information content (AvgIpc) is 2.24. The SMILES string of the molecule is CN(CC(F)(F)F)C(=O)c1cc(S(N)(=O)=O)ccc1F. The van der Waals surface area contributed by atoms with Gasteiger partial charge < -0.3 is 4.90 Å². The van der Waals surface area contributed by atoms with Crippen molar-refractivity contribution in [2.45, 2.75) is 11.1 Å². The third-order valence-corrected chi connectivity index (χ3v) is 3.17. The quantitative estimate of drug-likeness (QED) is 0.849. The molecule has 0 spiro atoms. The summed E-state index contributed by atoms with van der Waals surface area (Å²) in [6, 6.07) is 2.06. The molecule has 0 heterocycles. The van der Waals surface area contributed by atoms with Crippen LogP contribution in [0, 0.1) is 5.82 Å². The summed E-state index contributed by atoms with van der Waals surface area (Å²) in [6.45, 7) is -1.59. The minimum absolute atomic E-state index is 0.228. The predicted molar refractivity (Wildman–Crippen MR) is 60.8 cm³/mol. The third-order valence-electron chi connectivity index (χ3n) is 2.26. The molecule has 10 heteroatoms. The molecule has 0 saturated heterocycles. The summed E-state index contributed by atoms with van der Waals surface area (Å²) in [5, 5.41) is 4.80. The van der Waals surface area contributed by atoms with Gasteiger partial charge in [0.1, 0.15) is 12.4 Å². The number of primary sulfonamides is 1. The van der Waals surface area contributed by atoms with Crippen LogP contribution in [0.4, 0.5) is 17.6 Å². The van der Waals surface area contributed by atoms with Crippen LogP contribution in [0.3, 0.4) is 0 Å². The van der Waals surface area contributed by atoms with Gasteiger partial charge in [0.05, 0.1) is 10.5 Å². The Hall–Kier alpha value is -1.68. The van der Waals surface area contributed by atoms with E-state index in [2.05, 4.69) is 0 Å². The Morgan fingerprint density at radius 3 is 2.35 bits per heavy atom. The average molecular weight is 314 g/mol. The number of halogens is 4. The minimum Gasteiger partial charge on any atom is -0.333 e. The summed E-state index contributed by atoms with van der Waals surface area (Å²) in [5.41, 5.74) is -0.803. The molecule has 0 aliphatic rings. The van der Waals surface area contributed by atoms with Gasteiger partial charge in [0.25, 0.3) is 5.91 Å². The molecule has 0 aliphatic carbocycles. The van der Waals surface area contributed by atoms with E-state index in [-0.39, 0.29) is 4.90 Å². The van der Waals surface area contributed by atoms with Gasteiger partial charge in [-0.1, -0.05) is 0 Å². The second-order valence-corrected chi connectivity index (χ2v) is 5.52. The highest BCUT2D eigenvalue weighted by Gasteiger charge is 2.32. The molecule has 2 N–H and O–H groups in total. The monoisotopic (exact) mass is 314 g/mol. The maximum Gasteiger partial charge on any atom is 0.406 e. The first-order valence-electron chi connectivity index (χ1n) is 5.06. The molecule has 0 unspecified atom stereocenters. The van der Waals surface area contributed by atoms with Gasteiger partial charge in [-0.05, 0) is 18.2 Å². The fourth-order valence-corrected chi connectivity index (χ4v) is 1.93. The number of carbonyl (C=O) groups excluding carboxylic acids is 1. The molecule has 20 heavy (non-hydrogen) atoms. The number of amides is 1. The maximum absolute atomic E-state index is 13.4. The number of hydrogen-bond donors (Lipinski definition) is 1. The Bertz CT molecular complexity index is 628. The Morgan fingerprint density at radius 2 is 1.90 bits per heavy atom. The number of hydrogen-bond acceptors (Lipinski definition) is 3. The fraction of sp³-hybridized carbons (Fsp3) is 0.300. The van der Waals surface area contributed by atoms with E-state index in [9.17, 15) is 30.8 Å². The first-order valence-corrected chi connectivity index (χ1v) is 6.61. The minimum atomic E-state index is -4.65. The first kappa shape index (κ1) is 16.4. The Kier molecular flexibility index (Phi) is 4.39. The van der Waals surface area contributed by atoms with E-state index < -0.39 is 44.9 Å². The zero-order valence-corrected chi connectivity index (χ0v) is 10.9. The Morgan fingerprint density at radius 1 is 1.35 bits per heavy atom. The van der Waals surface area contributed by atoms with E-state index in [4.69, 9.17) is 5.14 Å². The van der Waals surface area contributed by atoms with Crippen LogP contribution in [0.2, 0.25) is 0 Å². The molecule has 0 fully saturated rings. The van der Waals surface area contributed by atoms with Crippen molar-refractivity contribution in [1.29, 1.82) is 0 Å². The van der Waals surface area contributed by atoms with Crippen molar-refractivity contribution in [2.24, 2.45) is 5.14 Å². The van der Waals surface area contributed by atoms with Crippen molar-refractivity contribution >= 4 is 15.9 Å². The largest absolute Gasteiger partial charge is 0.406 e. The predicted octanol–water partition coefficient (Wildman–Crippen LogP) is 1.11. The van der Waals surface area contributed by atoms with Gasteiger partial charge in [-0.25, -0.2) is 17.9 Å². The van der Waals surface area contributed by atoms with Crippen LogP contribution in [0.25, 0.3) is 0 Å². The highest BCUT2D eigenvalue weighted by Crippen LogP contribution is 2.19. The smallest absolute Gasteiger partial charge is 0.333 e. The van der Waals surface area contributed by atoms with E-state index >= 15 is 0 Å². The molecule has 112 valence electrons. The summed E-state index contributed by atoms with van der Waals surface area (Å²) in [7, 11) is -3.38. The van der Waals surface area contributed by atoms with Crippen molar-refractivity contribution in [2.75, 3.05) is 13.6 Å². The highest BCUT2D eigenvalue weighted by molar-refractivity contribution is 7.89. The lowest BCUT2D eigenvalue weighted by molar-refractivity contribution is -0.138. The first-order chi connectivity index (χ1) is 8.92. The molecule has 0 bridgehead atoms. The molecule has 0 aliphatic heterocycles. The van der Waals surface area contributed by atoms with Crippen LogP contribution in [0.15, 0.2) is 23.1 Å². The van der Waals surface area contributed by atoms with Crippen LogP contribution in [-0.4, -0.2) is 39.0 Å². The number of rotatable bonds is 3. The summed E-state index contributed by atoms with van der Waals surface area (Å²) in [4.78, 5) is 11.3. The molecule has 5 nitrogen and oxygen atoms in total. The van der Waals surface area contributed by atoms with E-state index in [0.29, 0.717) is 12.1 Å². The van der Waals surface area contributed by atoms with Crippen LogP contribution >= 0.6 is 0 Å². The summed E-state index contributed by atoms with van der Waals surface area (Å²) in [5.74, 6) is -2.44. The van der Waals surface area contributed by atoms with Gasteiger partial charge in [-0.2, -0.15) is 13.2 Å². The molecule has 0 saturated carbocycles. The summed E-state index contributed by atoms with van der Waals surface area (Å²) < 4.78 is 72.0. The second kappa shape index (κ2) is 5.37. The lowest BCUT2D eigenvalue weighted by atomic mass is 10.2. The van der Waals surface area contributed by atoms with E-state index in [1.165, 1.54) is 0 Å². The standard InChI is InChI=1S/C10H10F4N2O3S/c1-16(5-10(12,13)14)9(17)7-4-6(20(15,18)19)2-3-8(7)11/h2-4H,5H2,1H3,(H2,15,18,19). The van der Waals surface area contributed by atoms with Crippen LogP contribution < -0.4 is 5.14 Å². The fourth-order valence-electron chi connectivity index (χ4n) is 1.39. The number of carbonyl (C=O) groups is 1. The number of benzene rings is 1. The normalized spacial score (nSPS) is 12.3. The van der Waals surface area contributed by atoms with Gasteiger partial charge >= 0.3 is 6.18 Å². The maximum atomic E-state index is 13.4. The van der Waals surface area contributed by atoms with Gasteiger partial charge in [-0.15, -0.1) is 0 Å². The lowest BCUT2D eigenvalue weighted by Crippen LogP contribution is -2.36. The van der Waals surface area contributed by atoms with Crippen LogP contribution in [0.5, 0.6) is 0 Å². The summed E-state index contributed by atoms with van der Waals surface area (Å²) in [6.07, 6.45) is -4.65. The third kappa shape index (κ3) is 4.17. The van der Waals surface area contributed by atoms with Gasteiger partial charge in [0.2, 0.25) is 10.0 Å². The molecule has 1 aromatic rings. The van der Waals surface area contributed by atoms with Crippen LogP contribution in [0.1, 0.15) is 10.4 Å². The van der Waals surface area contributed by atoms with Gasteiger partial charge in [-0.3, -0.25) is 4.79 Å². The molecular formula is C10H10F4N2O3S.